The first-order chi connectivity index (χ1) is 7.16. The minimum Gasteiger partial charge on any atom is -0.323 e. The predicted octanol–water partition coefficient (Wildman–Crippen LogP) is 4.74. The van der Waals surface area contributed by atoms with Crippen LogP contribution in [0.15, 0.2) is 9.85 Å². The van der Waals surface area contributed by atoms with Gasteiger partial charge in [0.15, 0.2) is 0 Å². The molecule has 1 aliphatic carbocycles. The van der Waals surface area contributed by atoms with Gasteiger partial charge in [-0.05, 0) is 34.3 Å². The minimum absolute atomic E-state index is 0.168. The molecule has 1 aromatic heterocycles. The molecule has 1 atom stereocenters. The normalized spacial score (nSPS) is 19.7. The quantitative estimate of drug-likeness (QED) is 0.857. The van der Waals surface area contributed by atoms with E-state index < -0.39 is 0 Å². The lowest BCUT2D eigenvalue weighted by Crippen LogP contribution is -2.12. The van der Waals surface area contributed by atoms with Gasteiger partial charge in [0.25, 0.3) is 0 Å². The molecule has 0 aliphatic heterocycles. The van der Waals surface area contributed by atoms with E-state index in [4.69, 9.17) is 17.3 Å². The topological polar surface area (TPSA) is 26.0 Å². The van der Waals surface area contributed by atoms with Crippen LogP contribution in [0.1, 0.15) is 43.0 Å². The van der Waals surface area contributed by atoms with E-state index in [1.807, 2.05) is 6.07 Å². The Labute approximate surface area is 108 Å². The second-order valence-electron chi connectivity index (χ2n) is 4.26. The van der Waals surface area contributed by atoms with Crippen molar-refractivity contribution in [1.82, 2.24) is 0 Å². The molecule has 1 saturated carbocycles. The highest BCUT2D eigenvalue weighted by Crippen LogP contribution is 2.38. The van der Waals surface area contributed by atoms with Gasteiger partial charge in [0, 0.05) is 10.9 Å². The second-order valence-corrected chi connectivity index (χ2v) is 7.07. The number of nitrogens with two attached hydrogens (primary N) is 1. The van der Waals surface area contributed by atoms with Gasteiger partial charge in [0.05, 0.1) is 8.81 Å². The highest BCUT2D eigenvalue weighted by atomic mass is 79.9. The van der Waals surface area contributed by atoms with Crippen molar-refractivity contribution >= 4 is 38.9 Å². The van der Waals surface area contributed by atoms with Crippen molar-refractivity contribution in [1.29, 1.82) is 0 Å². The first-order valence-corrected chi connectivity index (χ1v) is 7.36. The van der Waals surface area contributed by atoms with Crippen LogP contribution in [0, 0.1) is 5.92 Å². The molecule has 1 aliphatic rings. The smallest absolute Gasteiger partial charge is 0.0887 e. The van der Waals surface area contributed by atoms with E-state index in [2.05, 4.69) is 15.9 Å². The van der Waals surface area contributed by atoms with Crippen LogP contribution in [0.2, 0.25) is 5.02 Å². The third kappa shape index (κ3) is 2.96. The summed E-state index contributed by atoms with van der Waals surface area (Å²) in [6.45, 7) is 0. The monoisotopic (exact) mass is 307 g/mol. The van der Waals surface area contributed by atoms with Crippen LogP contribution in [-0.2, 0) is 0 Å². The number of hydrogen-bond donors (Lipinski definition) is 1. The van der Waals surface area contributed by atoms with Crippen molar-refractivity contribution in [3.05, 3.63) is 19.8 Å². The zero-order chi connectivity index (χ0) is 10.8. The fraction of sp³-hybridized carbons (Fsp3) is 0.636. The third-order valence-electron chi connectivity index (χ3n) is 3.09. The maximum atomic E-state index is 6.19. The second kappa shape index (κ2) is 5.17. The van der Waals surface area contributed by atoms with E-state index in [0.29, 0.717) is 0 Å². The first-order valence-electron chi connectivity index (χ1n) is 5.37. The summed E-state index contributed by atoms with van der Waals surface area (Å²) in [5, 5.41) is 0.789. The van der Waals surface area contributed by atoms with E-state index in [1.54, 1.807) is 11.3 Å². The molecule has 1 heterocycles. The molecule has 1 fully saturated rings. The zero-order valence-electron chi connectivity index (χ0n) is 8.51. The number of rotatable bonds is 3. The summed E-state index contributed by atoms with van der Waals surface area (Å²) in [4.78, 5) is 1.21. The van der Waals surface area contributed by atoms with E-state index >= 15 is 0 Å². The Morgan fingerprint density at radius 3 is 2.73 bits per heavy atom. The third-order valence-corrected chi connectivity index (χ3v) is 5.70. The zero-order valence-corrected chi connectivity index (χ0v) is 11.7. The highest BCUT2D eigenvalue weighted by molar-refractivity contribution is 9.11. The van der Waals surface area contributed by atoms with E-state index in [0.717, 1.165) is 21.1 Å². The first kappa shape index (κ1) is 11.9. The van der Waals surface area contributed by atoms with Crippen LogP contribution in [0.4, 0.5) is 0 Å². The average Bonchev–Trinajstić information content (AvgIpc) is 2.78. The summed E-state index contributed by atoms with van der Waals surface area (Å²) in [7, 11) is 0. The standard InChI is InChI=1S/C11H15BrClNS/c12-11-8(13)6-10(15-11)9(14)5-7-3-1-2-4-7/h6-7,9H,1-5,14H2. The predicted molar refractivity (Wildman–Crippen MR) is 70.5 cm³/mol. The van der Waals surface area contributed by atoms with Crippen molar-refractivity contribution < 1.29 is 0 Å². The van der Waals surface area contributed by atoms with Crippen LogP contribution in [0.25, 0.3) is 0 Å². The molecule has 0 saturated heterocycles. The van der Waals surface area contributed by atoms with Gasteiger partial charge >= 0.3 is 0 Å². The molecule has 0 amide bonds. The summed E-state index contributed by atoms with van der Waals surface area (Å²) < 4.78 is 1.00. The Morgan fingerprint density at radius 1 is 1.53 bits per heavy atom. The molecule has 4 heteroatoms. The van der Waals surface area contributed by atoms with Gasteiger partial charge in [-0.1, -0.05) is 37.3 Å². The number of thiophene rings is 1. The van der Waals surface area contributed by atoms with Gasteiger partial charge in [-0.3, -0.25) is 0 Å². The summed E-state index contributed by atoms with van der Waals surface area (Å²) in [6.07, 6.45) is 6.59. The van der Waals surface area contributed by atoms with Gasteiger partial charge in [0.2, 0.25) is 0 Å². The SMILES string of the molecule is NC(CC1CCCC1)c1cc(Cl)c(Br)s1. The number of halogens is 2. The fourth-order valence-corrected chi connectivity index (χ4v) is 4.03. The maximum absolute atomic E-state index is 6.19. The molecular formula is C11H15BrClNS. The largest absolute Gasteiger partial charge is 0.323 e. The van der Waals surface area contributed by atoms with Gasteiger partial charge < -0.3 is 5.73 Å². The number of hydrogen-bond acceptors (Lipinski definition) is 2. The summed E-state index contributed by atoms with van der Waals surface area (Å²) >= 11 is 11.1. The molecule has 0 bridgehead atoms. The Bertz CT molecular complexity index is 314. The van der Waals surface area contributed by atoms with Crippen molar-refractivity contribution in [2.45, 2.75) is 38.1 Å². The molecule has 84 valence electrons. The van der Waals surface area contributed by atoms with Crippen molar-refractivity contribution in [3.8, 4) is 0 Å². The molecule has 0 radical (unpaired) electrons. The van der Waals surface area contributed by atoms with Gasteiger partial charge in [-0.15, -0.1) is 11.3 Å². The van der Waals surface area contributed by atoms with Gasteiger partial charge in [0.1, 0.15) is 0 Å². The summed E-state index contributed by atoms with van der Waals surface area (Å²) in [5.41, 5.74) is 6.19. The Hall–Kier alpha value is 0.430. The van der Waals surface area contributed by atoms with Gasteiger partial charge in [-0.25, -0.2) is 0 Å². The van der Waals surface area contributed by atoms with Crippen LogP contribution in [0.5, 0.6) is 0 Å². The maximum Gasteiger partial charge on any atom is 0.0887 e. The molecule has 1 unspecified atom stereocenters. The van der Waals surface area contributed by atoms with E-state index in [1.165, 1.54) is 30.6 Å². The Morgan fingerprint density at radius 2 is 2.20 bits per heavy atom. The Balaban J connectivity index is 1.97. The van der Waals surface area contributed by atoms with Crippen LogP contribution >= 0.6 is 38.9 Å². The molecule has 0 spiro atoms. The molecular weight excluding hydrogens is 294 g/mol. The van der Waals surface area contributed by atoms with Crippen LogP contribution in [-0.4, -0.2) is 0 Å². The average molecular weight is 309 g/mol. The molecule has 2 N–H and O–H groups in total. The lowest BCUT2D eigenvalue weighted by atomic mass is 9.98. The van der Waals surface area contributed by atoms with Gasteiger partial charge in [-0.2, -0.15) is 0 Å². The lowest BCUT2D eigenvalue weighted by Gasteiger charge is -2.14. The van der Waals surface area contributed by atoms with E-state index in [9.17, 15) is 0 Å². The summed E-state index contributed by atoms with van der Waals surface area (Å²) in [5.74, 6) is 0.833. The fourth-order valence-electron chi connectivity index (χ4n) is 2.27. The van der Waals surface area contributed by atoms with Crippen molar-refractivity contribution in [3.63, 3.8) is 0 Å². The molecule has 1 nitrogen and oxygen atoms in total. The van der Waals surface area contributed by atoms with Crippen molar-refractivity contribution in [2.75, 3.05) is 0 Å². The lowest BCUT2D eigenvalue weighted by molar-refractivity contribution is 0.454. The highest BCUT2D eigenvalue weighted by Gasteiger charge is 2.20. The van der Waals surface area contributed by atoms with Crippen molar-refractivity contribution in [2.24, 2.45) is 11.7 Å². The minimum atomic E-state index is 0.168. The molecule has 2 rings (SSSR count). The van der Waals surface area contributed by atoms with Crippen LogP contribution in [0.3, 0.4) is 0 Å². The van der Waals surface area contributed by atoms with Crippen LogP contribution < -0.4 is 5.73 Å². The molecule has 0 aromatic carbocycles. The summed E-state index contributed by atoms with van der Waals surface area (Å²) in [6, 6.07) is 2.16. The molecule has 1 aromatic rings. The van der Waals surface area contributed by atoms with E-state index in [-0.39, 0.29) is 6.04 Å². The Kier molecular flexibility index (Phi) is 4.10. The molecule has 15 heavy (non-hydrogen) atoms.